The van der Waals surface area contributed by atoms with Crippen molar-refractivity contribution in [3.8, 4) is 0 Å². The molecule has 0 saturated heterocycles. The van der Waals surface area contributed by atoms with Crippen LogP contribution in [0.3, 0.4) is 0 Å². The molecule has 2 rings (SSSR count). The third-order valence-electron chi connectivity index (χ3n) is 2.43. The molecule has 1 N–H and O–H groups in total. The molecule has 0 aliphatic rings. The molecule has 0 unspecified atom stereocenters. The van der Waals surface area contributed by atoms with Gasteiger partial charge in [0, 0.05) is 23.8 Å². The molecule has 0 aliphatic heterocycles. The van der Waals surface area contributed by atoms with Crippen LogP contribution >= 0.6 is 11.8 Å². The van der Waals surface area contributed by atoms with Crippen molar-refractivity contribution in [3.63, 3.8) is 0 Å². The molecule has 0 fully saturated rings. The molecule has 0 radical (unpaired) electrons. The summed E-state index contributed by atoms with van der Waals surface area (Å²) in [4.78, 5) is 9.56. The van der Waals surface area contributed by atoms with Crippen LogP contribution in [0, 0.1) is 0 Å². The van der Waals surface area contributed by atoms with Crippen LogP contribution in [0.5, 0.6) is 0 Å². The monoisotopic (exact) mass is 259 g/mol. The highest BCUT2D eigenvalue weighted by atomic mass is 32.2. The molecule has 1 heterocycles. The lowest BCUT2D eigenvalue weighted by molar-refractivity contribution is 0.675. The molecule has 0 spiro atoms. The van der Waals surface area contributed by atoms with E-state index in [2.05, 4.69) is 46.5 Å². The van der Waals surface area contributed by atoms with E-state index in [0.29, 0.717) is 0 Å². The van der Waals surface area contributed by atoms with Crippen molar-refractivity contribution in [3.05, 3.63) is 48.3 Å². The Morgan fingerprint density at radius 2 is 1.83 bits per heavy atom. The number of rotatable bonds is 6. The summed E-state index contributed by atoms with van der Waals surface area (Å²) in [6.07, 6.45) is 4.69. The average Bonchev–Trinajstić information content (AvgIpc) is 2.42. The lowest BCUT2D eigenvalue weighted by Gasteiger charge is -2.04. The Balaban J connectivity index is 1.91. The highest BCUT2D eigenvalue weighted by Crippen LogP contribution is 2.23. The maximum absolute atomic E-state index is 4.20. The highest BCUT2D eigenvalue weighted by molar-refractivity contribution is 7.99. The van der Waals surface area contributed by atoms with Gasteiger partial charge in [-0.25, -0.2) is 9.97 Å². The van der Waals surface area contributed by atoms with Crippen molar-refractivity contribution in [1.82, 2.24) is 15.3 Å². The summed E-state index contributed by atoms with van der Waals surface area (Å²) >= 11 is 1.58. The number of aromatic nitrogens is 2. The largest absolute Gasteiger partial charge is 0.313 e. The van der Waals surface area contributed by atoms with Gasteiger partial charge in [-0.1, -0.05) is 19.1 Å². The van der Waals surface area contributed by atoms with E-state index in [0.717, 1.165) is 18.2 Å². The Labute approximate surface area is 112 Å². The lowest BCUT2D eigenvalue weighted by atomic mass is 10.2. The summed E-state index contributed by atoms with van der Waals surface area (Å²) in [6, 6.07) is 10.3. The van der Waals surface area contributed by atoms with Crippen LogP contribution < -0.4 is 5.32 Å². The standard InChI is InChI=1S/C14H17N3S/c1-2-8-15-11-12-4-6-13(7-5-12)18-14-16-9-3-10-17-14/h3-7,9-10,15H,2,8,11H2,1H3. The van der Waals surface area contributed by atoms with Crippen LogP contribution in [0.15, 0.2) is 52.8 Å². The minimum Gasteiger partial charge on any atom is -0.313 e. The van der Waals surface area contributed by atoms with Gasteiger partial charge in [0.05, 0.1) is 0 Å². The number of hydrogen-bond donors (Lipinski definition) is 1. The minimum atomic E-state index is 0.786. The van der Waals surface area contributed by atoms with Crippen molar-refractivity contribution < 1.29 is 0 Å². The number of hydrogen-bond acceptors (Lipinski definition) is 4. The smallest absolute Gasteiger partial charge is 0.192 e. The summed E-state index contributed by atoms with van der Waals surface area (Å²) < 4.78 is 0. The van der Waals surface area contributed by atoms with Gasteiger partial charge in [-0.2, -0.15) is 0 Å². The van der Waals surface area contributed by atoms with E-state index in [9.17, 15) is 0 Å². The van der Waals surface area contributed by atoms with Crippen LogP contribution in [-0.4, -0.2) is 16.5 Å². The Kier molecular flexibility index (Phi) is 5.17. The van der Waals surface area contributed by atoms with Crippen LogP contribution in [0.4, 0.5) is 0 Å². The molecule has 1 aromatic heterocycles. The zero-order valence-electron chi connectivity index (χ0n) is 10.5. The molecule has 3 nitrogen and oxygen atoms in total. The van der Waals surface area contributed by atoms with E-state index in [4.69, 9.17) is 0 Å². The predicted molar refractivity (Wildman–Crippen MR) is 74.6 cm³/mol. The van der Waals surface area contributed by atoms with Crippen molar-refractivity contribution in [2.75, 3.05) is 6.54 Å². The summed E-state index contributed by atoms with van der Waals surface area (Å²) in [5.74, 6) is 0. The van der Waals surface area contributed by atoms with E-state index in [1.165, 1.54) is 16.9 Å². The predicted octanol–water partition coefficient (Wildman–Crippen LogP) is 3.13. The molecular formula is C14H17N3S. The Morgan fingerprint density at radius 1 is 1.11 bits per heavy atom. The van der Waals surface area contributed by atoms with Gasteiger partial charge >= 0.3 is 0 Å². The molecule has 94 valence electrons. The van der Waals surface area contributed by atoms with Gasteiger partial charge in [-0.3, -0.25) is 0 Å². The van der Waals surface area contributed by atoms with Gasteiger partial charge in [-0.05, 0) is 48.5 Å². The van der Waals surface area contributed by atoms with Crippen LogP contribution in [0.1, 0.15) is 18.9 Å². The molecule has 0 aliphatic carbocycles. The summed E-state index contributed by atoms with van der Waals surface area (Å²) in [6.45, 7) is 4.17. The first-order chi connectivity index (χ1) is 8.88. The Bertz CT molecular complexity index is 456. The van der Waals surface area contributed by atoms with E-state index in [-0.39, 0.29) is 0 Å². The van der Waals surface area contributed by atoms with Gasteiger partial charge in [-0.15, -0.1) is 0 Å². The number of benzene rings is 1. The third kappa shape index (κ3) is 4.13. The normalized spacial score (nSPS) is 10.5. The maximum Gasteiger partial charge on any atom is 0.192 e. The van der Waals surface area contributed by atoms with Crippen LogP contribution in [0.2, 0.25) is 0 Å². The van der Waals surface area contributed by atoms with E-state index in [1.807, 2.05) is 6.07 Å². The molecule has 0 saturated carbocycles. The Morgan fingerprint density at radius 3 is 2.50 bits per heavy atom. The second kappa shape index (κ2) is 7.13. The SMILES string of the molecule is CCCNCc1ccc(Sc2ncccn2)cc1. The van der Waals surface area contributed by atoms with Crippen molar-refractivity contribution >= 4 is 11.8 Å². The van der Waals surface area contributed by atoms with Gasteiger partial charge in [0.15, 0.2) is 5.16 Å². The minimum absolute atomic E-state index is 0.786. The fraction of sp³-hybridized carbons (Fsp3) is 0.286. The lowest BCUT2D eigenvalue weighted by Crippen LogP contribution is -2.13. The van der Waals surface area contributed by atoms with E-state index >= 15 is 0 Å². The second-order valence-electron chi connectivity index (χ2n) is 3.95. The number of nitrogens with zero attached hydrogens (tertiary/aromatic N) is 2. The van der Waals surface area contributed by atoms with Gasteiger partial charge in [0.25, 0.3) is 0 Å². The first-order valence-electron chi connectivity index (χ1n) is 6.13. The number of nitrogens with one attached hydrogen (secondary N) is 1. The van der Waals surface area contributed by atoms with Gasteiger partial charge < -0.3 is 5.32 Å². The zero-order chi connectivity index (χ0) is 12.6. The third-order valence-corrected chi connectivity index (χ3v) is 3.33. The van der Waals surface area contributed by atoms with Crippen molar-refractivity contribution in [1.29, 1.82) is 0 Å². The zero-order valence-corrected chi connectivity index (χ0v) is 11.3. The quantitative estimate of drug-likeness (QED) is 0.639. The molecule has 2 aromatic rings. The Hall–Kier alpha value is -1.39. The first-order valence-corrected chi connectivity index (χ1v) is 6.94. The van der Waals surface area contributed by atoms with Gasteiger partial charge in [0.2, 0.25) is 0 Å². The van der Waals surface area contributed by atoms with Crippen molar-refractivity contribution in [2.45, 2.75) is 29.9 Å². The summed E-state index contributed by atoms with van der Waals surface area (Å²) in [7, 11) is 0. The molecule has 18 heavy (non-hydrogen) atoms. The molecule has 0 bridgehead atoms. The first kappa shape index (κ1) is 13.1. The van der Waals surface area contributed by atoms with Crippen molar-refractivity contribution in [2.24, 2.45) is 0 Å². The fourth-order valence-corrected chi connectivity index (χ4v) is 2.24. The highest BCUT2D eigenvalue weighted by Gasteiger charge is 1.99. The second-order valence-corrected chi connectivity index (χ2v) is 4.99. The molecule has 1 aromatic carbocycles. The van der Waals surface area contributed by atoms with Crippen LogP contribution in [0.25, 0.3) is 0 Å². The molecular weight excluding hydrogens is 242 g/mol. The van der Waals surface area contributed by atoms with E-state index < -0.39 is 0 Å². The maximum atomic E-state index is 4.20. The molecule has 4 heteroatoms. The molecule has 0 atom stereocenters. The average molecular weight is 259 g/mol. The van der Waals surface area contributed by atoms with Crippen LogP contribution in [-0.2, 0) is 6.54 Å². The fourth-order valence-electron chi connectivity index (χ4n) is 1.53. The van der Waals surface area contributed by atoms with E-state index in [1.54, 1.807) is 24.2 Å². The summed E-state index contributed by atoms with van der Waals surface area (Å²) in [5, 5.41) is 4.18. The molecule has 0 amide bonds. The summed E-state index contributed by atoms with van der Waals surface area (Å²) in [5.41, 5.74) is 1.31. The van der Waals surface area contributed by atoms with Gasteiger partial charge in [0.1, 0.15) is 0 Å². The topological polar surface area (TPSA) is 37.8 Å².